The molecule has 1 aliphatic heterocycles. The number of benzene rings is 3. The van der Waals surface area contributed by atoms with Gasteiger partial charge in [-0.05, 0) is 42.5 Å². The Morgan fingerprint density at radius 3 is 2.62 bits per heavy atom. The third kappa shape index (κ3) is 4.14. The summed E-state index contributed by atoms with van der Waals surface area (Å²) in [6.45, 7) is 3.19. The number of para-hydroxylation sites is 2. The zero-order chi connectivity index (χ0) is 22.9. The summed E-state index contributed by atoms with van der Waals surface area (Å²) in [7, 11) is 0. The molecule has 0 bridgehead atoms. The van der Waals surface area contributed by atoms with Gasteiger partial charge in [-0.15, -0.1) is 11.3 Å². The molecule has 3 heterocycles. The highest BCUT2D eigenvalue weighted by atomic mass is 35.5. The SMILES string of the molecule is Clc1cc(Nc2nc(-c3ccc(-n4cnc5ccccc54)cc3)cs2)ccc1N1CCOCC1. The number of thiazole rings is 1. The van der Waals surface area contributed by atoms with Crippen molar-refractivity contribution in [3.8, 4) is 16.9 Å². The Labute approximate surface area is 206 Å². The summed E-state index contributed by atoms with van der Waals surface area (Å²) in [6.07, 6.45) is 1.86. The lowest BCUT2D eigenvalue weighted by Gasteiger charge is -2.29. The molecule has 0 spiro atoms. The van der Waals surface area contributed by atoms with Gasteiger partial charge >= 0.3 is 0 Å². The van der Waals surface area contributed by atoms with Crippen molar-refractivity contribution >= 4 is 50.5 Å². The molecule has 0 radical (unpaired) electrons. The first-order valence-electron chi connectivity index (χ1n) is 11.1. The number of morpholine rings is 1. The highest BCUT2D eigenvalue weighted by Crippen LogP contribution is 2.33. The lowest BCUT2D eigenvalue weighted by atomic mass is 10.1. The molecule has 5 aromatic rings. The van der Waals surface area contributed by atoms with Crippen LogP contribution in [0.5, 0.6) is 0 Å². The molecule has 6 nitrogen and oxygen atoms in total. The number of nitrogens with zero attached hydrogens (tertiary/aromatic N) is 4. The number of halogens is 1. The number of nitrogens with one attached hydrogen (secondary N) is 1. The highest BCUT2D eigenvalue weighted by Gasteiger charge is 2.15. The van der Waals surface area contributed by atoms with Gasteiger partial charge < -0.3 is 15.0 Å². The van der Waals surface area contributed by atoms with Crippen molar-refractivity contribution < 1.29 is 4.74 Å². The maximum atomic E-state index is 6.58. The number of fused-ring (bicyclic) bond motifs is 1. The molecule has 1 N–H and O–H groups in total. The highest BCUT2D eigenvalue weighted by molar-refractivity contribution is 7.14. The molecule has 0 amide bonds. The van der Waals surface area contributed by atoms with Gasteiger partial charge in [-0.1, -0.05) is 35.9 Å². The van der Waals surface area contributed by atoms with Gasteiger partial charge in [0.15, 0.2) is 5.13 Å². The van der Waals surface area contributed by atoms with Gasteiger partial charge in [0.1, 0.15) is 6.33 Å². The van der Waals surface area contributed by atoms with E-state index in [0.29, 0.717) is 0 Å². The van der Waals surface area contributed by atoms with Crippen LogP contribution in [0.25, 0.3) is 28.0 Å². The standard InChI is InChI=1S/C26H22ClN5OS/c27-21-15-19(7-10-24(21)31-11-13-33-14-12-31)29-26-30-23(16-34-26)18-5-8-20(9-6-18)32-17-28-22-3-1-2-4-25(22)32/h1-10,15-17H,11-14H2,(H,29,30). The van der Waals surface area contributed by atoms with E-state index in [2.05, 4.69) is 61.5 Å². The van der Waals surface area contributed by atoms with Crippen molar-refractivity contribution in [1.29, 1.82) is 0 Å². The number of anilines is 3. The van der Waals surface area contributed by atoms with E-state index in [1.165, 1.54) is 0 Å². The molecule has 1 saturated heterocycles. The van der Waals surface area contributed by atoms with E-state index >= 15 is 0 Å². The number of imidazole rings is 1. The topological polar surface area (TPSA) is 55.2 Å². The van der Waals surface area contributed by atoms with E-state index in [4.69, 9.17) is 21.3 Å². The molecule has 1 fully saturated rings. The van der Waals surface area contributed by atoms with Gasteiger partial charge in [-0.3, -0.25) is 4.57 Å². The molecule has 6 rings (SSSR count). The second-order valence-corrected chi connectivity index (χ2v) is 9.34. The van der Waals surface area contributed by atoms with Crippen LogP contribution in [0.15, 0.2) is 78.4 Å². The molecule has 0 saturated carbocycles. The molecule has 34 heavy (non-hydrogen) atoms. The second kappa shape index (κ2) is 9.10. The van der Waals surface area contributed by atoms with Crippen molar-refractivity contribution in [1.82, 2.24) is 14.5 Å². The van der Waals surface area contributed by atoms with Crippen LogP contribution >= 0.6 is 22.9 Å². The number of ether oxygens (including phenoxy) is 1. The third-order valence-electron chi connectivity index (χ3n) is 5.95. The Balaban J connectivity index is 1.18. The minimum absolute atomic E-state index is 0.728. The Kier molecular flexibility index (Phi) is 5.66. The summed E-state index contributed by atoms with van der Waals surface area (Å²) in [4.78, 5) is 11.5. The molecular weight excluding hydrogens is 466 g/mol. The quantitative estimate of drug-likeness (QED) is 0.311. The lowest BCUT2D eigenvalue weighted by Crippen LogP contribution is -2.36. The largest absolute Gasteiger partial charge is 0.378 e. The fraction of sp³-hybridized carbons (Fsp3) is 0.154. The first-order chi connectivity index (χ1) is 16.7. The van der Waals surface area contributed by atoms with Gasteiger partial charge in [0.05, 0.1) is 40.7 Å². The average molecular weight is 488 g/mol. The zero-order valence-electron chi connectivity index (χ0n) is 18.3. The maximum Gasteiger partial charge on any atom is 0.187 e. The van der Waals surface area contributed by atoms with E-state index in [1.54, 1.807) is 11.3 Å². The number of aromatic nitrogens is 3. The Hall–Kier alpha value is -3.39. The predicted octanol–water partition coefficient (Wildman–Crippen LogP) is 6.38. The summed E-state index contributed by atoms with van der Waals surface area (Å²) >= 11 is 8.15. The first-order valence-corrected chi connectivity index (χ1v) is 12.4. The van der Waals surface area contributed by atoms with E-state index in [9.17, 15) is 0 Å². The van der Waals surface area contributed by atoms with Crippen molar-refractivity contribution in [3.05, 3.63) is 83.5 Å². The fourth-order valence-corrected chi connectivity index (χ4v) is 5.23. The van der Waals surface area contributed by atoms with Crippen LogP contribution in [0.4, 0.5) is 16.5 Å². The van der Waals surface area contributed by atoms with Crippen LogP contribution in [-0.4, -0.2) is 40.8 Å². The molecule has 0 aliphatic carbocycles. The van der Waals surface area contributed by atoms with Crippen LogP contribution in [0.1, 0.15) is 0 Å². The number of hydrogen-bond acceptors (Lipinski definition) is 6. The van der Waals surface area contributed by atoms with Crippen LogP contribution in [-0.2, 0) is 4.74 Å². The smallest absolute Gasteiger partial charge is 0.187 e. The second-order valence-electron chi connectivity index (χ2n) is 8.08. The van der Waals surface area contributed by atoms with E-state index in [0.717, 1.165) is 75.8 Å². The summed E-state index contributed by atoms with van der Waals surface area (Å²) in [6, 6.07) is 22.6. The van der Waals surface area contributed by atoms with Gasteiger partial charge in [0.25, 0.3) is 0 Å². The van der Waals surface area contributed by atoms with Gasteiger partial charge in [-0.25, -0.2) is 9.97 Å². The minimum atomic E-state index is 0.728. The monoisotopic (exact) mass is 487 g/mol. The summed E-state index contributed by atoms with van der Waals surface area (Å²) in [5, 5.41) is 7.01. The predicted molar refractivity (Wildman–Crippen MR) is 140 cm³/mol. The van der Waals surface area contributed by atoms with Crippen LogP contribution in [0.3, 0.4) is 0 Å². The van der Waals surface area contributed by atoms with E-state index < -0.39 is 0 Å². The van der Waals surface area contributed by atoms with Crippen molar-refractivity contribution in [3.63, 3.8) is 0 Å². The van der Waals surface area contributed by atoms with Gasteiger partial charge in [-0.2, -0.15) is 0 Å². The van der Waals surface area contributed by atoms with Gasteiger partial charge in [0.2, 0.25) is 0 Å². The normalized spacial score (nSPS) is 14.0. The molecule has 3 aromatic carbocycles. The van der Waals surface area contributed by atoms with Crippen LogP contribution < -0.4 is 10.2 Å². The molecule has 1 aliphatic rings. The Morgan fingerprint density at radius 2 is 1.79 bits per heavy atom. The molecule has 0 atom stereocenters. The van der Waals surface area contributed by atoms with Crippen molar-refractivity contribution in [2.75, 3.05) is 36.5 Å². The summed E-state index contributed by atoms with van der Waals surface area (Å²) in [5.41, 5.74) is 7.12. The Bertz CT molecular complexity index is 1440. The molecule has 0 unspecified atom stereocenters. The summed E-state index contributed by atoms with van der Waals surface area (Å²) in [5.74, 6) is 0. The van der Waals surface area contributed by atoms with Gasteiger partial charge in [0, 0.05) is 35.4 Å². The molecule has 8 heteroatoms. The zero-order valence-corrected chi connectivity index (χ0v) is 19.9. The van der Waals surface area contributed by atoms with Crippen molar-refractivity contribution in [2.45, 2.75) is 0 Å². The molecule has 170 valence electrons. The van der Waals surface area contributed by atoms with Crippen LogP contribution in [0, 0.1) is 0 Å². The molecule has 2 aromatic heterocycles. The lowest BCUT2D eigenvalue weighted by molar-refractivity contribution is 0.122. The van der Waals surface area contributed by atoms with E-state index in [-0.39, 0.29) is 0 Å². The van der Waals surface area contributed by atoms with E-state index in [1.807, 2.05) is 36.7 Å². The minimum Gasteiger partial charge on any atom is -0.378 e. The maximum absolute atomic E-state index is 6.58. The third-order valence-corrected chi connectivity index (χ3v) is 7.01. The average Bonchev–Trinajstić information content (AvgIpc) is 3.52. The van der Waals surface area contributed by atoms with Crippen LogP contribution in [0.2, 0.25) is 5.02 Å². The number of hydrogen-bond donors (Lipinski definition) is 1. The fourth-order valence-electron chi connectivity index (χ4n) is 4.19. The first kappa shape index (κ1) is 21.2. The number of rotatable bonds is 5. The summed E-state index contributed by atoms with van der Waals surface area (Å²) < 4.78 is 7.53. The molecular formula is C26H22ClN5OS. The van der Waals surface area contributed by atoms with Crippen molar-refractivity contribution in [2.24, 2.45) is 0 Å². The Morgan fingerprint density at radius 1 is 0.971 bits per heavy atom.